The predicted molar refractivity (Wildman–Crippen MR) is 88.0 cm³/mol. The maximum absolute atomic E-state index is 12.3. The summed E-state index contributed by atoms with van der Waals surface area (Å²) in [5.74, 6) is -0.0996. The Morgan fingerprint density at radius 2 is 1.75 bits per heavy atom. The standard InChI is InChI=1S/C17H22N4O3/c22-15-7-6-14(19-15)16(23)20-8-10-21(11-9-20)17(24)18-12-13-4-2-1-3-5-13/h1-5,14H,6-12H2,(H,18,24)(H,19,22). The zero-order chi connectivity index (χ0) is 16.9. The van der Waals surface area contributed by atoms with E-state index in [9.17, 15) is 14.4 Å². The predicted octanol–water partition coefficient (Wildman–Crippen LogP) is 0.319. The van der Waals surface area contributed by atoms with Crippen LogP contribution in [0.15, 0.2) is 30.3 Å². The number of carbonyl (C=O) groups is 3. The van der Waals surface area contributed by atoms with E-state index in [1.807, 2.05) is 30.3 Å². The minimum absolute atomic E-state index is 0.0369. The number of rotatable bonds is 3. The molecular formula is C17H22N4O3. The number of benzene rings is 1. The molecule has 128 valence electrons. The van der Waals surface area contributed by atoms with Crippen LogP contribution in [0.3, 0.4) is 0 Å². The summed E-state index contributed by atoms with van der Waals surface area (Å²) in [7, 11) is 0. The highest BCUT2D eigenvalue weighted by atomic mass is 16.2. The normalized spacial score (nSPS) is 20.7. The third-order valence-corrected chi connectivity index (χ3v) is 4.46. The monoisotopic (exact) mass is 330 g/mol. The molecule has 2 heterocycles. The van der Waals surface area contributed by atoms with E-state index >= 15 is 0 Å². The maximum atomic E-state index is 12.3. The van der Waals surface area contributed by atoms with E-state index in [0.29, 0.717) is 45.6 Å². The first-order valence-electron chi connectivity index (χ1n) is 8.28. The highest BCUT2D eigenvalue weighted by Crippen LogP contribution is 2.12. The van der Waals surface area contributed by atoms with Crippen molar-refractivity contribution in [3.8, 4) is 0 Å². The molecule has 4 amide bonds. The van der Waals surface area contributed by atoms with E-state index < -0.39 is 6.04 Å². The summed E-state index contributed by atoms with van der Waals surface area (Å²) in [5.41, 5.74) is 1.05. The Morgan fingerprint density at radius 1 is 1.08 bits per heavy atom. The van der Waals surface area contributed by atoms with Crippen LogP contribution in [0, 0.1) is 0 Å². The van der Waals surface area contributed by atoms with Gasteiger partial charge in [0.2, 0.25) is 11.8 Å². The van der Waals surface area contributed by atoms with Gasteiger partial charge in [-0.1, -0.05) is 30.3 Å². The van der Waals surface area contributed by atoms with Crippen LogP contribution >= 0.6 is 0 Å². The number of nitrogens with one attached hydrogen (secondary N) is 2. The van der Waals surface area contributed by atoms with E-state index in [1.165, 1.54) is 0 Å². The van der Waals surface area contributed by atoms with Crippen LogP contribution < -0.4 is 10.6 Å². The van der Waals surface area contributed by atoms with Crippen molar-refractivity contribution < 1.29 is 14.4 Å². The SMILES string of the molecule is O=C1CCC(C(=O)N2CCN(C(=O)NCc3ccccc3)CC2)N1. The molecule has 7 heteroatoms. The van der Waals surface area contributed by atoms with Gasteiger partial charge >= 0.3 is 6.03 Å². The smallest absolute Gasteiger partial charge is 0.317 e. The van der Waals surface area contributed by atoms with Gasteiger partial charge in [0.05, 0.1) is 0 Å². The lowest BCUT2D eigenvalue weighted by Crippen LogP contribution is -2.55. The fourth-order valence-electron chi connectivity index (χ4n) is 3.03. The third kappa shape index (κ3) is 3.84. The lowest BCUT2D eigenvalue weighted by atomic mass is 10.2. The molecule has 1 aromatic rings. The lowest BCUT2D eigenvalue weighted by Gasteiger charge is -2.35. The summed E-state index contributed by atoms with van der Waals surface area (Å²) < 4.78 is 0. The van der Waals surface area contributed by atoms with Crippen molar-refractivity contribution in [2.75, 3.05) is 26.2 Å². The molecule has 0 saturated carbocycles. The van der Waals surface area contributed by atoms with Crippen molar-refractivity contribution in [1.29, 1.82) is 0 Å². The third-order valence-electron chi connectivity index (χ3n) is 4.46. The Labute approximate surface area is 141 Å². The Kier molecular flexibility index (Phi) is 4.98. The molecule has 0 radical (unpaired) electrons. The highest BCUT2D eigenvalue weighted by molar-refractivity contribution is 5.91. The van der Waals surface area contributed by atoms with E-state index in [0.717, 1.165) is 5.56 Å². The molecule has 0 spiro atoms. The topological polar surface area (TPSA) is 81.8 Å². The molecule has 7 nitrogen and oxygen atoms in total. The van der Waals surface area contributed by atoms with E-state index in [2.05, 4.69) is 10.6 Å². The number of piperazine rings is 1. The quantitative estimate of drug-likeness (QED) is 0.837. The second-order valence-electron chi connectivity index (χ2n) is 6.12. The number of hydrogen-bond donors (Lipinski definition) is 2. The van der Waals surface area contributed by atoms with E-state index in [1.54, 1.807) is 9.80 Å². The van der Waals surface area contributed by atoms with E-state index in [-0.39, 0.29) is 17.8 Å². The minimum atomic E-state index is -0.393. The minimum Gasteiger partial charge on any atom is -0.344 e. The van der Waals surface area contributed by atoms with Crippen LogP contribution in [0.4, 0.5) is 4.79 Å². The van der Waals surface area contributed by atoms with Crippen molar-refractivity contribution in [1.82, 2.24) is 20.4 Å². The summed E-state index contributed by atoms with van der Waals surface area (Å²) in [6.07, 6.45) is 0.980. The van der Waals surface area contributed by atoms with Gasteiger partial charge in [0.15, 0.2) is 0 Å². The van der Waals surface area contributed by atoms with Crippen molar-refractivity contribution in [3.63, 3.8) is 0 Å². The molecule has 0 aromatic heterocycles. The van der Waals surface area contributed by atoms with Crippen LogP contribution in [-0.2, 0) is 16.1 Å². The first kappa shape index (κ1) is 16.3. The van der Waals surface area contributed by atoms with Crippen molar-refractivity contribution >= 4 is 17.8 Å². The average Bonchev–Trinajstić information content (AvgIpc) is 3.06. The summed E-state index contributed by atoms with van der Waals surface area (Å²) in [6, 6.07) is 9.24. The van der Waals surface area contributed by atoms with Crippen LogP contribution in [0.5, 0.6) is 0 Å². The number of nitrogens with zero attached hydrogens (tertiary/aromatic N) is 2. The van der Waals surface area contributed by atoms with Crippen LogP contribution in [0.1, 0.15) is 18.4 Å². The number of hydrogen-bond acceptors (Lipinski definition) is 3. The second-order valence-corrected chi connectivity index (χ2v) is 6.12. The zero-order valence-electron chi connectivity index (χ0n) is 13.5. The molecule has 0 bridgehead atoms. The molecule has 3 rings (SSSR count). The van der Waals surface area contributed by atoms with E-state index in [4.69, 9.17) is 0 Å². The number of urea groups is 1. The Hall–Kier alpha value is -2.57. The average molecular weight is 330 g/mol. The molecule has 2 aliphatic rings. The zero-order valence-corrected chi connectivity index (χ0v) is 13.5. The number of amides is 4. The molecular weight excluding hydrogens is 308 g/mol. The molecule has 1 atom stereocenters. The largest absolute Gasteiger partial charge is 0.344 e. The lowest BCUT2D eigenvalue weighted by molar-refractivity contribution is -0.135. The summed E-state index contributed by atoms with van der Waals surface area (Å²) in [6.45, 7) is 2.51. The van der Waals surface area contributed by atoms with Crippen LogP contribution in [0.2, 0.25) is 0 Å². The fraction of sp³-hybridized carbons (Fsp3) is 0.471. The highest BCUT2D eigenvalue weighted by Gasteiger charge is 2.32. The maximum Gasteiger partial charge on any atom is 0.317 e. The van der Waals surface area contributed by atoms with Gasteiger partial charge in [-0.05, 0) is 12.0 Å². The molecule has 2 saturated heterocycles. The van der Waals surface area contributed by atoms with Crippen molar-refractivity contribution in [2.45, 2.75) is 25.4 Å². The van der Waals surface area contributed by atoms with Crippen molar-refractivity contribution in [2.24, 2.45) is 0 Å². The van der Waals surface area contributed by atoms with Gasteiger partial charge in [-0.15, -0.1) is 0 Å². The second kappa shape index (κ2) is 7.33. The summed E-state index contributed by atoms with van der Waals surface area (Å²) in [4.78, 5) is 39.2. The van der Waals surface area contributed by atoms with Crippen molar-refractivity contribution in [3.05, 3.63) is 35.9 Å². The Bertz CT molecular complexity index is 612. The molecule has 2 aliphatic heterocycles. The molecule has 2 N–H and O–H groups in total. The molecule has 0 aliphatic carbocycles. The molecule has 1 aromatic carbocycles. The summed E-state index contributed by atoms with van der Waals surface area (Å²) >= 11 is 0. The van der Waals surface area contributed by atoms with Gasteiger partial charge in [0.25, 0.3) is 0 Å². The van der Waals surface area contributed by atoms with Gasteiger partial charge in [-0.2, -0.15) is 0 Å². The van der Waals surface area contributed by atoms with Gasteiger partial charge in [-0.25, -0.2) is 4.79 Å². The summed E-state index contributed by atoms with van der Waals surface area (Å²) in [5, 5.41) is 5.60. The first-order chi connectivity index (χ1) is 11.6. The number of carbonyl (C=O) groups excluding carboxylic acids is 3. The fourth-order valence-corrected chi connectivity index (χ4v) is 3.03. The van der Waals surface area contributed by atoms with Crippen LogP contribution in [0.25, 0.3) is 0 Å². The molecule has 1 unspecified atom stereocenters. The van der Waals surface area contributed by atoms with Gasteiger partial charge in [-0.3, -0.25) is 9.59 Å². The Morgan fingerprint density at radius 3 is 2.38 bits per heavy atom. The van der Waals surface area contributed by atoms with Crippen LogP contribution in [-0.4, -0.2) is 59.9 Å². The molecule has 2 fully saturated rings. The van der Waals surface area contributed by atoms with Gasteiger partial charge in [0.1, 0.15) is 6.04 Å². The molecule has 24 heavy (non-hydrogen) atoms. The Balaban J connectivity index is 1.43. The first-order valence-corrected chi connectivity index (χ1v) is 8.28. The van der Waals surface area contributed by atoms with Gasteiger partial charge < -0.3 is 20.4 Å². The van der Waals surface area contributed by atoms with Gasteiger partial charge in [0, 0.05) is 39.1 Å².